The number of benzene rings is 1. The Balaban J connectivity index is 2.01. The summed E-state index contributed by atoms with van der Waals surface area (Å²) in [6.07, 6.45) is 2.13. The van der Waals surface area contributed by atoms with Crippen molar-refractivity contribution in [2.24, 2.45) is 0 Å². The average molecular weight is 330 g/mol. The van der Waals surface area contributed by atoms with Gasteiger partial charge in [0, 0.05) is 11.6 Å². The van der Waals surface area contributed by atoms with Gasteiger partial charge in [-0.15, -0.1) is 0 Å². The number of thioether (sulfide) groups is 1. The third-order valence-corrected chi connectivity index (χ3v) is 4.64. The number of carbonyl (C=O) groups is 1. The number of amides is 1. The number of halogens is 1. The molecule has 0 spiro atoms. The summed E-state index contributed by atoms with van der Waals surface area (Å²) in [5, 5.41) is 3.09. The van der Waals surface area contributed by atoms with Crippen LogP contribution in [0.5, 0.6) is 5.75 Å². The Morgan fingerprint density at radius 3 is 2.78 bits per heavy atom. The maximum atomic E-state index is 12.1. The van der Waals surface area contributed by atoms with E-state index in [2.05, 4.69) is 21.2 Å². The van der Waals surface area contributed by atoms with Crippen molar-refractivity contribution in [3.8, 4) is 5.75 Å². The quantitative estimate of drug-likeness (QED) is 0.926. The van der Waals surface area contributed by atoms with Crippen molar-refractivity contribution in [3.05, 3.63) is 28.2 Å². The van der Waals surface area contributed by atoms with E-state index in [1.165, 1.54) is 0 Å². The summed E-state index contributed by atoms with van der Waals surface area (Å²) in [5.41, 5.74) is 0.668. The van der Waals surface area contributed by atoms with E-state index in [-0.39, 0.29) is 5.91 Å². The molecule has 18 heavy (non-hydrogen) atoms. The van der Waals surface area contributed by atoms with Crippen LogP contribution >= 0.6 is 27.7 Å². The SMILES string of the molecule is COc1ccc(C(=O)NC2CCSCC2)cc1Br. The van der Waals surface area contributed by atoms with Gasteiger partial charge < -0.3 is 10.1 Å². The van der Waals surface area contributed by atoms with Gasteiger partial charge in [0.2, 0.25) is 0 Å². The van der Waals surface area contributed by atoms with E-state index in [9.17, 15) is 4.79 Å². The minimum absolute atomic E-state index is 0.00440. The molecule has 1 aromatic carbocycles. The number of ether oxygens (including phenoxy) is 1. The summed E-state index contributed by atoms with van der Waals surface area (Å²) in [4.78, 5) is 12.1. The fourth-order valence-electron chi connectivity index (χ4n) is 1.92. The monoisotopic (exact) mass is 329 g/mol. The molecule has 0 aliphatic carbocycles. The van der Waals surface area contributed by atoms with E-state index in [1.807, 2.05) is 11.8 Å². The van der Waals surface area contributed by atoms with E-state index in [0.717, 1.165) is 34.6 Å². The number of carbonyl (C=O) groups excluding carboxylic acids is 1. The molecular weight excluding hydrogens is 314 g/mol. The normalized spacial score (nSPS) is 16.3. The van der Waals surface area contributed by atoms with Crippen molar-refractivity contribution in [2.75, 3.05) is 18.6 Å². The number of rotatable bonds is 3. The zero-order chi connectivity index (χ0) is 13.0. The molecule has 1 aliphatic heterocycles. The fourth-order valence-corrected chi connectivity index (χ4v) is 3.57. The smallest absolute Gasteiger partial charge is 0.251 e. The third kappa shape index (κ3) is 3.42. The van der Waals surface area contributed by atoms with Crippen LogP contribution < -0.4 is 10.1 Å². The molecule has 1 saturated heterocycles. The first-order chi connectivity index (χ1) is 8.70. The van der Waals surface area contributed by atoms with Gasteiger partial charge in [-0.3, -0.25) is 4.79 Å². The van der Waals surface area contributed by atoms with Crippen LogP contribution in [0.25, 0.3) is 0 Å². The van der Waals surface area contributed by atoms with Gasteiger partial charge in [-0.2, -0.15) is 11.8 Å². The highest BCUT2D eigenvalue weighted by molar-refractivity contribution is 9.10. The summed E-state index contributed by atoms with van der Waals surface area (Å²) < 4.78 is 5.95. The van der Waals surface area contributed by atoms with Crippen LogP contribution in [-0.4, -0.2) is 30.6 Å². The molecule has 0 atom stereocenters. The minimum atomic E-state index is -0.00440. The first-order valence-electron chi connectivity index (χ1n) is 5.93. The molecule has 98 valence electrons. The lowest BCUT2D eigenvalue weighted by atomic mass is 10.1. The maximum Gasteiger partial charge on any atom is 0.251 e. The number of nitrogens with one attached hydrogen (secondary N) is 1. The Hall–Kier alpha value is -0.680. The van der Waals surface area contributed by atoms with Crippen LogP contribution in [0, 0.1) is 0 Å². The molecule has 0 aromatic heterocycles. The Bertz CT molecular complexity index is 433. The highest BCUT2D eigenvalue weighted by atomic mass is 79.9. The molecule has 1 heterocycles. The lowest BCUT2D eigenvalue weighted by molar-refractivity contribution is 0.0935. The third-order valence-electron chi connectivity index (χ3n) is 2.97. The van der Waals surface area contributed by atoms with Crippen molar-refractivity contribution in [3.63, 3.8) is 0 Å². The summed E-state index contributed by atoms with van der Waals surface area (Å²) >= 11 is 5.35. The number of methoxy groups -OCH3 is 1. The van der Waals surface area contributed by atoms with Crippen LogP contribution in [0.3, 0.4) is 0 Å². The molecular formula is C13H16BrNO2S. The zero-order valence-electron chi connectivity index (χ0n) is 10.2. The van der Waals surface area contributed by atoms with Crippen molar-refractivity contribution >= 4 is 33.6 Å². The molecule has 0 saturated carbocycles. The van der Waals surface area contributed by atoms with Crippen molar-refractivity contribution in [1.29, 1.82) is 0 Å². The number of hydrogen-bond acceptors (Lipinski definition) is 3. The van der Waals surface area contributed by atoms with E-state index in [1.54, 1.807) is 25.3 Å². The molecule has 3 nitrogen and oxygen atoms in total. The summed E-state index contributed by atoms with van der Waals surface area (Å²) in [6, 6.07) is 5.71. The summed E-state index contributed by atoms with van der Waals surface area (Å²) in [6.45, 7) is 0. The lowest BCUT2D eigenvalue weighted by Gasteiger charge is -2.22. The van der Waals surface area contributed by atoms with Gasteiger partial charge in [0.1, 0.15) is 5.75 Å². The Kier molecular flexibility index (Phi) is 4.95. The minimum Gasteiger partial charge on any atom is -0.496 e. The van der Waals surface area contributed by atoms with Gasteiger partial charge in [-0.05, 0) is 58.5 Å². The highest BCUT2D eigenvalue weighted by Crippen LogP contribution is 2.25. The largest absolute Gasteiger partial charge is 0.496 e. The maximum absolute atomic E-state index is 12.1. The standard InChI is InChI=1S/C13H16BrNO2S/c1-17-12-3-2-9(8-11(12)14)13(16)15-10-4-6-18-7-5-10/h2-3,8,10H,4-7H2,1H3,(H,15,16). The Morgan fingerprint density at radius 2 is 2.17 bits per heavy atom. The number of hydrogen-bond donors (Lipinski definition) is 1. The Morgan fingerprint density at radius 1 is 1.44 bits per heavy atom. The van der Waals surface area contributed by atoms with Crippen LogP contribution in [0.1, 0.15) is 23.2 Å². The predicted octanol–water partition coefficient (Wildman–Crippen LogP) is 3.08. The molecule has 2 rings (SSSR count). The first kappa shape index (κ1) is 13.7. The topological polar surface area (TPSA) is 38.3 Å². The van der Waals surface area contributed by atoms with Gasteiger partial charge in [-0.1, -0.05) is 0 Å². The van der Waals surface area contributed by atoms with Gasteiger partial charge >= 0.3 is 0 Å². The zero-order valence-corrected chi connectivity index (χ0v) is 12.6. The lowest BCUT2D eigenvalue weighted by Crippen LogP contribution is -2.37. The first-order valence-corrected chi connectivity index (χ1v) is 7.87. The van der Waals surface area contributed by atoms with E-state index < -0.39 is 0 Å². The summed E-state index contributed by atoms with van der Waals surface area (Å²) in [7, 11) is 1.61. The molecule has 1 aliphatic rings. The molecule has 0 unspecified atom stereocenters. The molecule has 1 fully saturated rings. The van der Waals surface area contributed by atoms with Gasteiger partial charge in [0.05, 0.1) is 11.6 Å². The molecule has 5 heteroatoms. The van der Waals surface area contributed by atoms with Crippen molar-refractivity contribution < 1.29 is 9.53 Å². The summed E-state index contributed by atoms with van der Waals surface area (Å²) in [5.74, 6) is 3.00. The van der Waals surface area contributed by atoms with E-state index >= 15 is 0 Å². The molecule has 1 amide bonds. The van der Waals surface area contributed by atoms with Crippen molar-refractivity contribution in [1.82, 2.24) is 5.32 Å². The second kappa shape index (κ2) is 6.48. The van der Waals surface area contributed by atoms with E-state index in [0.29, 0.717) is 11.6 Å². The molecule has 0 radical (unpaired) electrons. The highest BCUT2D eigenvalue weighted by Gasteiger charge is 2.17. The fraction of sp³-hybridized carbons (Fsp3) is 0.462. The van der Waals surface area contributed by atoms with Crippen LogP contribution in [-0.2, 0) is 0 Å². The van der Waals surface area contributed by atoms with Gasteiger partial charge in [-0.25, -0.2) is 0 Å². The van der Waals surface area contributed by atoms with Crippen LogP contribution in [0.4, 0.5) is 0 Å². The molecule has 1 N–H and O–H groups in total. The Labute approximate surface area is 120 Å². The van der Waals surface area contributed by atoms with E-state index in [4.69, 9.17) is 4.74 Å². The van der Waals surface area contributed by atoms with Crippen LogP contribution in [0.2, 0.25) is 0 Å². The predicted molar refractivity (Wildman–Crippen MR) is 78.5 cm³/mol. The van der Waals surface area contributed by atoms with Crippen molar-refractivity contribution in [2.45, 2.75) is 18.9 Å². The average Bonchev–Trinajstić information content (AvgIpc) is 2.39. The molecule has 1 aromatic rings. The van der Waals surface area contributed by atoms with Gasteiger partial charge in [0.25, 0.3) is 5.91 Å². The molecule has 0 bridgehead atoms. The van der Waals surface area contributed by atoms with Crippen LogP contribution in [0.15, 0.2) is 22.7 Å². The van der Waals surface area contributed by atoms with Gasteiger partial charge in [0.15, 0.2) is 0 Å². The second-order valence-corrected chi connectivity index (χ2v) is 6.29. The second-order valence-electron chi connectivity index (χ2n) is 4.21.